The maximum absolute atomic E-state index is 12.9. The van der Waals surface area contributed by atoms with Crippen molar-refractivity contribution in [1.29, 1.82) is 0 Å². The van der Waals surface area contributed by atoms with Crippen molar-refractivity contribution in [3.63, 3.8) is 0 Å². The van der Waals surface area contributed by atoms with Crippen LogP contribution in [-0.2, 0) is 4.74 Å². The molecule has 2 aromatic rings. The summed E-state index contributed by atoms with van der Waals surface area (Å²) in [6.07, 6.45) is 2.11. The lowest BCUT2D eigenvalue weighted by molar-refractivity contribution is 0.0440. The second-order valence-electron chi connectivity index (χ2n) is 5.02. The van der Waals surface area contributed by atoms with Gasteiger partial charge in [-0.25, -0.2) is 4.39 Å². The molecule has 0 amide bonds. The first-order valence-corrected chi connectivity index (χ1v) is 6.81. The third-order valence-corrected chi connectivity index (χ3v) is 3.75. The predicted octanol–water partition coefficient (Wildman–Crippen LogP) is 4.43. The number of methoxy groups -OCH3 is 1. The van der Waals surface area contributed by atoms with E-state index in [0.29, 0.717) is 0 Å². The van der Waals surface area contributed by atoms with Gasteiger partial charge in [0.15, 0.2) is 0 Å². The molecule has 0 aromatic heterocycles. The number of rotatable bonds is 3. The topological polar surface area (TPSA) is 18.5 Å². The molecule has 1 fully saturated rings. The van der Waals surface area contributed by atoms with Gasteiger partial charge in [0.25, 0.3) is 0 Å². The van der Waals surface area contributed by atoms with Gasteiger partial charge in [0.2, 0.25) is 0 Å². The van der Waals surface area contributed by atoms with Crippen LogP contribution in [0.15, 0.2) is 48.5 Å². The van der Waals surface area contributed by atoms with Crippen molar-refractivity contribution in [2.45, 2.75) is 25.0 Å². The van der Waals surface area contributed by atoms with Crippen LogP contribution in [0.25, 0.3) is 0 Å². The lowest BCUT2D eigenvalue weighted by atomic mass is 10.0. The van der Waals surface area contributed by atoms with E-state index in [1.165, 1.54) is 12.1 Å². The summed E-state index contributed by atoms with van der Waals surface area (Å²) in [6.45, 7) is 0. The van der Waals surface area contributed by atoms with Crippen LogP contribution in [0.4, 0.5) is 4.39 Å². The second kappa shape index (κ2) is 5.63. The van der Waals surface area contributed by atoms with Crippen molar-refractivity contribution in [3.05, 3.63) is 65.5 Å². The van der Waals surface area contributed by atoms with Gasteiger partial charge in [-0.3, -0.25) is 0 Å². The SMILES string of the molecule is COc1ccc([C@H]2CC[C@@H](c3ccc(F)cc3)O2)cc1. The number of benzene rings is 2. The van der Waals surface area contributed by atoms with Crippen molar-refractivity contribution in [2.24, 2.45) is 0 Å². The summed E-state index contributed by atoms with van der Waals surface area (Å²) < 4.78 is 24.2. The highest BCUT2D eigenvalue weighted by atomic mass is 19.1. The Bertz CT molecular complexity index is 563. The molecule has 2 atom stereocenters. The average molecular weight is 272 g/mol. The van der Waals surface area contributed by atoms with Crippen molar-refractivity contribution in [3.8, 4) is 5.75 Å². The number of hydrogen-bond acceptors (Lipinski definition) is 2. The van der Waals surface area contributed by atoms with Crippen LogP contribution in [0.2, 0.25) is 0 Å². The Hall–Kier alpha value is -1.87. The van der Waals surface area contributed by atoms with E-state index in [-0.39, 0.29) is 18.0 Å². The zero-order valence-corrected chi connectivity index (χ0v) is 11.4. The van der Waals surface area contributed by atoms with Gasteiger partial charge in [-0.1, -0.05) is 24.3 Å². The molecule has 0 aliphatic carbocycles. The summed E-state index contributed by atoms with van der Waals surface area (Å²) >= 11 is 0. The van der Waals surface area contributed by atoms with Crippen LogP contribution in [0, 0.1) is 5.82 Å². The largest absolute Gasteiger partial charge is 0.497 e. The molecule has 0 radical (unpaired) electrons. The Morgan fingerprint density at radius 3 is 1.90 bits per heavy atom. The minimum absolute atomic E-state index is 0.0581. The average Bonchev–Trinajstić information content (AvgIpc) is 2.98. The summed E-state index contributed by atoms with van der Waals surface area (Å²) in [5.41, 5.74) is 2.21. The molecular formula is C17H17FO2. The fraction of sp³-hybridized carbons (Fsp3) is 0.294. The Balaban J connectivity index is 1.71. The van der Waals surface area contributed by atoms with Crippen LogP contribution in [0.5, 0.6) is 5.75 Å². The van der Waals surface area contributed by atoms with Gasteiger partial charge in [-0.2, -0.15) is 0 Å². The maximum Gasteiger partial charge on any atom is 0.123 e. The van der Waals surface area contributed by atoms with Gasteiger partial charge in [-0.15, -0.1) is 0 Å². The first kappa shape index (κ1) is 13.1. The Kier molecular flexibility index (Phi) is 3.70. The third kappa shape index (κ3) is 2.68. The van der Waals surface area contributed by atoms with Gasteiger partial charge >= 0.3 is 0 Å². The van der Waals surface area contributed by atoms with Gasteiger partial charge in [-0.05, 0) is 48.2 Å². The smallest absolute Gasteiger partial charge is 0.123 e. The summed E-state index contributed by atoms with van der Waals surface area (Å²) in [5.74, 6) is 0.639. The van der Waals surface area contributed by atoms with Gasteiger partial charge in [0.1, 0.15) is 11.6 Å². The lowest BCUT2D eigenvalue weighted by Crippen LogP contribution is -1.99. The third-order valence-electron chi connectivity index (χ3n) is 3.75. The van der Waals surface area contributed by atoms with Crippen LogP contribution >= 0.6 is 0 Å². The van der Waals surface area contributed by atoms with E-state index in [9.17, 15) is 4.39 Å². The van der Waals surface area contributed by atoms with E-state index in [2.05, 4.69) is 0 Å². The predicted molar refractivity (Wildman–Crippen MR) is 75.2 cm³/mol. The summed E-state index contributed by atoms with van der Waals surface area (Å²) in [6, 6.07) is 14.5. The van der Waals surface area contributed by atoms with Crippen molar-refractivity contribution in [1.82, 2.24) is 0 Å². The normalized spacial score (nSPS) is 21.9. The molecule has 104 valence electrons. The van der Waals surface area contributed by atoms with Gasteiger partial charge < -0.3 is 9.47 Å². The molecule has 1 heterocycles. The van der Waals surface area contributed by atoms with Crippen LogP contribution < -0.4 is 4.74 Å². The standard InChI is InChI=1S/C17H17FO2/c1-19-15-8-4-13(5-9-15)17-11-10-16(20-17)12-2-6-14(18)7-3-12/h2-9,16-17H,10-11H2,1H3/t16-,17+/m0/s1. The van der Waals surface area contributed by atoms with E-state index < -0.39 is 0 Å². The zero-order valence-electron chi connectivity index (χ0n) is 11.4. The summed E-state index contributed by atoms with van der Waals surface area (Å²) in [4.78, 5) is 0. The molecule has 1 aliphatic rings. The van der Waals surface area contributed by atoms with Crippen molar-refractivity contribution < 1.29 is 13.9 Å². The highest BCUT2D eigenvalue weighted by Crippen LogP contribution is 2.40. The number of halogens is 1. The molecule has 0 saturated carbocycles. The van der Waals surface area contributed by atoms with Crippen LogP contribution in [0.3, 0.4) is 0 Å². The van der Waals surface area contributed by atoms with E-state index >= 15 is 0 Å². The molecule has 0 N–H and O–H groups in total. The molecule has 3 heteroatoms. The molecule has 2 aromatic carbocycles. The Morgan fingerprint density at radius 2 is 1.40 bits per heavy atom. The molecule has 0 spiro atoms. The van der Waals surface area contributed by atoms with Crippen molar-refractivity contribution in [2.75, 3.05) is 7.11 Å². The molecule has 0 bridgehead atoms. The number of hydrogen-bond donors (Lipinski definition) is 0. The van der Waals surface area contributed by atoms with E-state index in [4.69, 9.17) is 9.47 Å². The molecule has 1 saturated heterocycles. The van der Waals surface area contributed by atoms with Crippen LogP contribution in [-0.4, -0.2) is 7.11 Å². The monoisotopic (exact) mass is 272 g/mol. The van der Waals surface area contributed by atoms with E-state index in [1.54, 1.807) is 19.2 Å². The zero-order chi connectivity index (χ0) is 13.9. The summed E-state index contributed by atoms with van der Waals surface area (Å²) in [5, 5.41) is 0. The quantitative estimate of drug-likeness (QED) is 0.823. The maximum atomic E-state index is 12.9. The fourth-order valence-electron chi connectivity index (χ4n) is 2.62. The first-order chi connectivity index (χ1) is 9.76. The van der Waals surface area contributed by atoms with Gasteiger partial charge in [0, 0.05) is 0 Å². The molecule has 1 aliphatic heterocycles. The Morgan fingerprint density at radius 1 is 0.900 bits per heavy atom. The first-order valence-electron chi connectivity index (χ1n) is 6.81. The molecule has 3 rings (SSSR count). The van der Waals surface area contributed by atoms with Gasteiger partial charge in [0.05, 0.1) is 19.3 Å². The summed E-state index contributed by atoms with van der Waals surface area (Å²) in [7, 11) is 1.66. The molecule has 2 nitrogen and oxygen atoms in total. The lowest BCUT2D eigenvalue weighted by Gasteiger charge is -2.14. The highest BCUT2D eigenvalue weighted by molar-refractivity contribution is 5.29. The minimum Gasteiger partial charge on any atom is -0.497 e. The Labute approximate surface area is 118 Å². The van der Waals surface area contributed by atoms with Crippen molar-refractivity contribution >= 4 is 0 Å². The van der Waals surface area contributed by atoms with Crippen LogP contribution in [0.1, 0.15) is 36.2 Å². The fourth-order valence-corrected chi connectivity index (χ4v) is 2.62. The second-order valence-corrected chi connectivity index (χ2v) is 5.02. The molecule has 0 unspecified atom stereocenters. The highest BCUT2D eigenvalue weighted by Gasteiger charge is 2.27. The number of ether oxygens (including phenoxy) is 2. The minimum atomic E-state index is -0.210. The van der Waals surface area contributed by atoms with E-state index in [0.717, 1.165) is 29.7 Å². The molecule has 20 heavy (non-hydrogen) atoms. The molecular weight excluding hydrogens is 255 g/mol. The van der Waals surface area contributed by atoms with E-state index in [1.807, 2.05) is 24.3 Å².